The Morgan fingerprint density at radius 3 is 2.35 bits per heavy atom. The summed E-state index contributed by atoms with van der Waals surface area (Å²) in [6, 6.07) is 16.1. The van der Waals surface area contributed by atoms with Gasteiger partial charge in [0.15, 0.2) is 0 Å². The van der Waals surface area contributed by atoms with Crippen molar-refractivity contribution in [2.75, 3.05) is 17.1 Å². The molecule has 3 rings (SSSR count). The van der Waals surface area contributed by atoms with Gasteiger partial charge < -0.3 is 10.1 Å². The lowest BCUT2D eigenvalue weighted by atomic mass is 10.2. The molecule has 1 amide bonds. The van der Waals surface area contributed by atoms with Crippen LogP contribution in [0, 0.1) is 17.0 Å². The number of sulfonamides is 1. The number of amides is 1. The van der Waals surface area contributed by atoms with Crippen LogP contribution >= 0.6 is 0 Å². The monoisotopic (exact) mass is 441 g/mol. The second-order valence-electron chi connectivity index (χ2n) is 6.60. The molecule has 0 spiro atoms. The van der Waals surface area contributed by atoms with Crippen molar-refractivity contribution >= 4 is 33.0 Å². The highest BCUT2D eigenvalue weighted by atomic mass is 32.2. The Morgan fingerprint density at radius 1 is 1.00 bits per heavy atom. The molecular weight excluding hydrogens is 422 g/mol. The molecule has 0 bridgehead atoms. The second-order valence-corrected chi connectivity index (χ2v) is 8.25. The average Bonchev–Trinajstić information content (AvgIpc) is 2.75. The minimum Gasteiger partial charge on any atom is -0.495 e. The fourth-order valence-corrected chi connectivity index (χ4v) is 4.01. The van der Waals surface area contributed by atoms with Gasteiger partial charge in [0.25, 0.3) is 21.6 Å². The van der Waals surface area contributed by atoms with Crippen LogP contribution in [0.25, 0.3) is 0 Å². The van der Waals surface area contributed by atoms with Gasteiger partial charge in [-0.15, -0.1) is 0 Å². The number of anilines is 2. The van der Waals surface area contributed by atoms with E-state index in [1.165, 1.54) is 49.6 Å². The lowest BCUT2D eigenvalue weighted by Crippen LogP contribution is -2.17. The first-order valence-electron chi connectivity index (χ1n) is 9.03. The molecule has 3 aromatic rings. The van der Waals surface area contributed by atoms with E-state index >= 15 is 0 Å². The summed E-state index contributed by atoms with van der Waals surface area (Å²) < 4.78 is 33.5. The number of hydrogen-bond acceptors (Lipinski definition) is 6. The zero-order valence-electron chi connectivity index (χ0n) is 16.7. The van der Waals surface area contributed by atoms with Crippen LogP contribution in [0.15, 0.2) is 71.6 Å². The largest absolute Gasteiger partial charge is 0.495 e. The highest BCUT2D eigenvalue weighted by Gasteiger charge is 2.22. The number of non-ortho nitro benzene ring substituents is 1. The van der Waals surface area contributed by atoms with E-state index in [9.17, 15) is 23.3 Å². The number of nitrogens with zero attached hydrogens (tertiary/aromatic N) is 1. The number of aryl methyl sites for hydroxylation is 1. The van der Waals surface area contributed by atoms with Crippen molar-refractivity contribution in [1.29, 1.82) is 0 Å². The van der Waals surface area contributed by atoms with Crippen LogP contribution in [-0.2, 0) is 10.0 Å². The van der Waals surface area contributed by atoms with Gasteiger partial charge in [-0.3, -0.25) is 19.6 Å². The van der Waals surface area contributed by atoms with Gasteiger partial charge in [-0.2, -0.15) is 0 Å². The first-order valence-corrected chi connectivity index (χ1v) is 10.5. The molecule has 0 aliphatic carbocycles. The molecule has 0 radical (unpaired) electrons. The maximum absolute atomic E-state index is 12.9. The SMILES string of the molecule is COc1ccc(C(=O)Nc2cccc([N+](=O)[O-])c2)cc1S(=O)(=O)Nc1ccc(C)cc1. The Morgan fingerprint density at radius 2 is 1.71 bits per heavy atom. The summed E-state index contributed by atoms with van der Waals surface area (Å²) in [6.45, 7) is 1.88. The first kappa shape index (κ1) is 21.8. The molecule has 2 N–H and O–H groups in total. The number of carbonyl (C=O) groups excluding carboxylic acids is 1. The quantitative estimate of drug-likeness (QED) is 0.422. The number of rotatable bonds is 7. The van der Waals surface area contributed by atoms with Crippen LogP contribution in [0.4, 0.5) is 17.1 Å². The smallest absolute Gasteiger partial charge is 0.271 e. The topological polar surface area (TPSA) is 128 Å². The minimum atomic E-state index is -4.06. The summed E-state index contributed by atoms with van der Waals surface area (Å²) in [5.74, 6) is -0.568. The Balaban J connectivity index is 1.90. The lowest BCUT2D eigenvalue weighted by Gasteiger charge is -2.13. The summed E-state index contributed by atoms with van der Waals surface area (Å²) >= 11 is 0. The third-order valence-electron chi connectivity index (χ3n) is 4.33. The van der Waals surface area contributed by atoms with Crippen LogP contribution in [0.5, 0.6) is 5.75 Å². The molecule has 0 aliphatic rings. The number of carbonyl (C=O) groups is 1. The number of nitro groups is 1. The van der Waals surface area contributed by atoms with Crippen molar-refractivity contribution < 1.29 is 22.9 Å². The van der Waals surface area contributed by atoms with Crippen LogP contribution in [0.2, 0.25) is 0 Å². The van der Waals surface area contributed by atoms with E-state index < -0.39 is 20.9 Å². The maximum atomic E-state index is 12.9. The molecule has 0 aliphatic heterocycles. The number of benzene rings is 3. The van der Waals surface area contributed by atoms with Gasteiger partial charge in [0, 0.05) is 29.1 Å². The van der Waals surface area contributed by atoms with Gasteiger partial charge in [0.2, 0.25) is 0 Å². The lowest BCUT2D eigenvalue weighted by molar-refractivity contribution is -0.384. The highest BCUT2D eigenvalue weighted by Crippen LogP contribution is 2.28. The summed E-state index contributed by atoms with van der Waals surface area (Å²) in [5, 5.41) is 13.4. The van der Waals surface area contributed by atoms with Crippen LogP contribution in [0.1, 0.15) is 15.9 Å². The van der Waals surface area contributed by atoms with E-state index in [1.807, 2.05) is 6.92 Å². The molecule has 160 valence electrons. The van der Waals surface area contributed by atoms with Crippen molar-refractivity contribution in [3.05, 3.63) is 88.0 Å². The van der Waals surface area contributed by atoms with Crippen molar-refractivity contribution in [1.82, 2.24) is 0 Å². The van der Waals surface area contributed by atoms with Crippen LogP contribution in [0.3, 0.4) is 0 Å². The summed E-state index contributed by atoms with van der Waals surface area (Å²) in [4.78, 5) is 22.7. The molecule has 9 nitrogen and oxygen atoms in total. The number of nitro benzene ring substituents is 1. The molecule has 0 saturated heterocycles. The molecule has 3 aromatic carbocycles. The molecule has 10 heteroatoms. The Labute approximate surface area is 178 Å². The van der Waals surface area contributed by atoms with Crippen LogP contribution < -0.4 is 14.8 Å². The fourth-order valence-electron chi connectivity index (χ4n) is 2.76. The Hall–Kier alpha value is -3.92. The van der Waals surface area contributed by atoms with E-state index in [2.05, 4.69) is 10.0 Å². The van der Waals surface area contributed by atoms with Gasteiger partial charge in [-0.05, 0) is 43.3 Å². The number of ether oxygens (including phenoxy) is 1. The zero-order chi connectivity index (χ0) is 22.6. The predicted octanol–water partition coefficient (Wildman–Crippen LogP) is 3.96. The molecule has 0 fully saturated rings. The van der Waals surface area contributed by atoms with Crippen molar-refractivity contribution in [3.8, 4) is 5.75 Å². The van der Waals surface area contributed by atoms with Crippen LogP contribution in [-0.4, -0.2) is 26.4 Å². The van der Waals surface area contributed by atoms with Gasteiger partial charge in [-0.25, -0.2) is 8.42 Å². The predicted molar refractivity (Wildman–Crippen MR) is 116 cm³/mol. The van der Waals surface area contributed by atoms with Crippen molar-refractivity contribution in [3.63, 3.8) is 0 Å². The molecule has 0 aromatic heterocycles. The van der Waals surface area contributed by atoms with E-state index in [0.717, 1.165) is 5.56 Å². The fraction of sp³-hybridized carbons (Fsp3) is 0.0952. The molecule has 0 atom stereocenters. The van der Waals surface area contributed by atoms with Gasteiger partial charge in [0.1, 0.15) is 10.6 Å². The summed E-state index contributed by atoms with van der Waals surface area (Å²) in [5.41, 5.74) is 1.39. The van der Waals surface area contributed by atoms with E-state index in [0.29, 0.717) is 5.69 Å². The maximum Gasteiger partial charge on any atom is 0.271 e. The summed E-state index contributed by atoms with van der Waals surface area (Å²) in [7, 11) is -2.74. The van der Waals surface area contributed by atoms with Crippen molar-refractivity contribution in [2.24, 2.45) is 0 Å². The van der Waals surface area contributed by atoms with Gasteiger partial charge >= 0.3 is 0 Å². The van der Waals surface area contributed by atoms with Crippen molar-refractivity contribution in [2.45, 2.75) is 11.8 Å². The zero-order valence-corrected chi connectivity index (χ0v) is 17.5. The standard InChI is InChI=1S/C21H19N3O6S/c1-14-6-9-16(10-7-14)23-31(28,29)20-12-15(8-11-19(20)30-2)21(25)22-17-4-3-5-18(13-17)24(26)27/h3-13,23H,1-2H3,(H,22,25). The third kappa shape index (κ3) is 5.17. The Bertz CT molecular complexity index is 1240. The molecule has 0 unspecified atom stereocenters. The highest BCUT2D eigenvalue weighted by molar-refractivity contribution is 7.92. The summed E-state index contributed by atoms with van der Waals surface area (Å²) in [6.07, 6.45) is 0. The molecular formula is C21H19N3O6S. The molecule has 0 heterocycles. The van der Waals surface area contributed by atoms with E-state index in [4.69, 9.17) is 4.74 Å². The number of hydrogen-bond donors (Lipinski definition) is 2. The second kappa shape index (κ2) is 8.84. The van der Waals surface area contributed by atoms with Gasteiger partial charge in [-0.1, -0.05) is 23.8 Å². The number of methoxy groups -OCH3 is 1. The average molecular weight is 441 g/mol. The van der Waals surface area contributed by atoms with Gasteiger partial charge in [0.05, 0.1) is 12.0 Å². The van der Waals surface area contributed by atoms with E-state index in [-0.39, 0.29) is 27.6 Å². The minimum absolute atomic E-state index is 0.0385. The van der Waals surface area contributed by atoms with E-state index in [1.54, 1.807) is 24.3 Å². The first-order chi connectivity index (χ1) is 14.7. The normalized spacial score (nSPS) is 10.9. The number of nitrogens with one attached hydrogen (secondary N) is 2. The molecule has 31 heavy (non-hydrogen) atoms. The molecule has 0 saturated carbocycles. The Kier molecular flexibility index (Phi) is 6.21. The third-order valence-corrected chi connectivity index (χ3v) is 5.74.